The summed E-state index contributed by atoms with van der Waals surface area (Å²) in [6.45, 7) is 3.72. The van der Waals surface area contributed by atoms with E-state index in [-0.39, 0.29) is 5.91 Å². The van der Waals surface area contributed by atoms with E-state index in [1.165, 1.54) is 6.20 Å². The van der Waals surface area contributed by atoms with Gasteiger partial charge in [0.2, 0.25) is 0 Å². The number of hydrogen-bond acceptors (Lipinski definition) is 3. The van der Waals surface area contributed by atoms with E-state index < -0.39 is 0 Å². The number of nitrogens with zero attached hydrogens (tertiary/aromatic N) is 2. The lowest BCUT2D eigenvalue weighted by Crippen LogP contribution is -2.12. The van der Waals surface area contributed by atoms with Crippen LogP contribution in [0.2, 0.25) is 0 Å². The summed E-state index contributed by atoms with van der Waals surface area (Å²) in [5.74, 6) is -0.182. The third-order valence-electron chi connectivity index (χ3n) is 2.21. The predicted octanol–water partition coefficient (Wildman–Crippen LogP) is 1.67. The smallest absolute Gasteiger partial charge is 0.259 e. The first-order valence-electron chi connectivity index (χ1n) is 4.90. The van der Waals surface area contributed by atoms with Crippen molar-refractivity contribution >= 4 is 11.6 Å². The van der Waals surface area contributed by atoms with Crippen LogP contribution in [0.15, 0.2) is 24.7 Å². The fourth-order valence-corrected chi connectivity index (χ4v) is 1.40. The molecule has 0 atom stereocenters. The van der Waals surface area contributed by atoms with Gasteiger partial charge in [-0.2, -0.15) is 5.10 Å². The van der Waals surface area contributed by atoms with Gasteiger partial charge in [-0.3, -0.25) is 14.9 Å². The zero-order valence-corrected chi connectivity index (χ0v) is 9.11. The van der Waals surface area contributed by atoms with Crippen molar-refractivity contribution in [3.05, 3.63) is 41.5 Å². The molecule has 0 unspecified atom stereocenters. The molecule has 2 rings (SSSR count). The van der Waals surface area contributed by atoms with Gasteiger partial charge >= 0.3 is 0 Å². The number of carbonyl (C=O) groups is 1. The number of amides is 1. The van der Waals surface area contributed by atoms with E-state index in [0.717, 1.165) is 11.3 Å². The number of H-pyrrole nitrogens is 1. The van der Waals surface area contributed by atoms with Crippen LogP contribution in [0, 0.1) is 13.8 Å². The number of rotatable bonds is 2. The first kappa shape index (κ1) is 10.4. The first-order valence-corrected chi connectivity index (χ1v) is 4.90. The maximum Gasteiger partial charge on any atom is 0.259 e. The Morgan fingerprint density at radius 2 is 2.12 bits per heavy atom. The minimum Gasteiger partial charge on any atom is -0.320 e. The molecule has 5 heteroatoms. The van der Waals surface area contributed by atoms with Gasteiger partial charge in [-0.1, -0.05) is 0 Å². The SMILES string of the molecule is Cc1cncc(NC(=O)c2cn[nH]c2C)c1. The summed E-state index contributed by atoms with van der Waals surface area (Å²) >= 11 is 0. The van der Waals surface area contributed by atoms with Crippen molar-refractivity contribution in [1.29, 1.82) is 0 Å². The molecular weight excluding hydrogens is 204 g/mol. The number of carbonyl (C=O) groups excluding carboxylic acids is 1. The summed E-state index contributed by atoms with van der Waals surface area (Å²) in [6, 6.07) is 1.86. The molecule has 0 aliphatic carbocycles. The molecule has 2 aromatic rings. The summed E-state index contributed by atoms with van der Waals surface area (Å²) in [7, 11) is 0. The number of hydrogen-bond donors (Lipinski definition) is 2. The second-order valence-corrected chi connectivity index (χ2v) is 3.61. The fraction of sp³-hybridized carbons (Fsp3) is 0.182. The lowest BCUT2D eigenvalue weighted by Gasteiger charge is -2.04. The van der Waals surface area contributed by atoms with Crippen LogP contribution in [0.3, 0.4) is 0 Å². The van der Waals surface area contributed by atoms with Crippen molar-refractivity contribution in [1.82, 2.24) is 15.2 Å². The molecule has 0 saturated heterocycles. The summed E-state index contributed by atoms with van der Waals surface area (Å²) in [5.41, 5.74) is 2.98. The Morgan fingerprint density at radius 3 is 2.75 bits per heavy atom. The largest absolute Gasteiger partial charge is 0.320 e. The Morgan fingerprint density at radius 1 is 1.31 bits per heavy atom. The molecule has 5 nitrogen and oxygen atoms in total. The molecule has 0 aliphatic heterocycles. The Bertz CT molecular complexity index is 518. The molecule has 82 valence electrons. The minimum atomic E-state index is -0.182. The van der Waals surface area contributed by atoms with Crippen LogP contribution in [0.25, 0.3) is 0 Å². The quantitative estimate of drug-likeness (QED) is 0.802. The zero-order chi connectivity index (χ0) is 11.5. The Kier molecular flexibility index (Phi) is 2.68. The van der Waals surface area contributed by atoms with Crippen molar-refractivity contribution in [3.8, 4) is 0 Å². The first-order chi connectivity index (χ1) is 7.66. The zero-order valence-electron chi connectivity index (χ0n) is 9.11. The van der Waals surface area contributed by atoms with E-state index in [9.17, 15) is 4.79 Å². The van der Waals surface area contributed by atoms with Gasteiger partial charge in [-0.15, -0.1) is 0 Å². The molecule has 0 fully saturated rings. The van der Waals surface area contributed by atoms with E-state index in [1.54, 1.807) is 19.3 Å². The summed E-state index contributed by atoms with van der Waals surface area (Å²) < 4.78 is 0. The molecule has 1 amide bonds. The average molecular weight is 216 g/mol. The maximum absolute atomic E-state index is 11.8. The highest BCUT2D eigenvalue weighted by molar-refractivity contribution is 6.04. The number of pyridine rings is 1. The van der Waals surface area contributed by atoms with Crippen molar-refractivity contribution < 1.29 is 4.79 Å². The third-order valence-corrected chi connectivity index (χ3v) is 2.21. The van der Waals surface area contributed by atoms with Crippen LogP contribution in [-0.4, -0.2) is 21.1 Å². The van der Waals surface area contributed by atoms with Gasteiger partial charge < -0.3 is 5.32 Å². The van der Waals surface area contributed by atoms with Gasteiger partial charge in [0.15, 0.2) is 0 Å². The van der Waals surface area contributed by atoms with Gasteiger partial charge in [0, 0.05) is 11.9 Å². The van der Waals surface area contributed by atoms with Gasteiger partial charge in [0.1, 0.15) is 0 Å². The van der Waals surface area contributed by atoms with E-state index in [4.69, 9.17) is 0 Å². The highest BCUT2D eigenvalue weighted by Gasteiger charge is 2.10. The molecule has 0 radical (unpaired) electrons. The van der Waals surface area contributed by atoms with Crippen LogP contribution in [-0.2, 0) is 0 Å². The highest BCUT2D eigenvalue weighted by Crippen LogP contribution is 2.10. The number of aromatic amines is 1. The van der Waals surface area contributed by atoms with Gasteiger partial charge in [-0.25, -0.2) is 0 Å². The lowest BCUT2D eigenvalue weighted by molar-refractivity contribution is 0.102. The molecule has 16 heavy (non-hydrogen) atoms. The number of aromatic nitrogens is 3. The van der Waals surface area contributed by atoms with Crippen molar-refractivity contribution in [2.24, 2.45) is 0 Å². The van der Waals surface area contributed by atoms with E-state index in [2.05, 4.69) is 20.5 Å². The van der Waals surface area contributed by atoms with Crippen molar-refractivity contribution in [2.75, 3.05) is 5.32 Å². The molecule has 2 N–H and O–H groups in total. The standard InChI is InChI=1S/C11H12N4O/c1-7-3-9(5-12-4-7)14-11(16)10-6-13-15-8(10)2/h3-6H,1-2H3,(H,13,15)(H,14,16). The van der Waals surface area contributed by atoms with E-state index >= 15 is 0 Å². The molecular formula is C11H12N4O. The topological polar surface area (TPSA) is 70.7 Å². The van der Waals surface area contributed by atoms with Gasteiger partial charge in [-0.05, 0) is 25.5 Å². The molecule has 0 spiro atoms. The maximum atomic E-state index is 11.8. The van der Waals surface area contributed by atoms with E-state index in [0.29, 0.717) is 11.3 Å². The number of anilines is 1. The second-order valence-electron chi connectivity index (χ2n) is 3.61. The average Bonchev–Trinajstić information content (AvgIpc) is 2.64. The summed E-state index contributed by atoms with van der Waals surface area (Å²) in [6.07, 6.45) is 4.85. The molecule has 0 aliphatic rings. The molecule has 0 bridgehead atoms. The van der Waals surface area contributed by atoms with Crippen LogP contribution in [0.4, 0.5) is 5.69 Å². The Hall–Kier alpha value is -2.17. The van der Waals surface area contributed by atoms with Gasteiger partial charge in [0.05, 0.1) is 23.6 Å². The summed E-state index contributed by atoms with van der Waals surface area (Å²) in [5, 5.41) is 9.29. The monoisotopic (exact) mass is 216 g/mol. The molecule has 2 aromatic heterocycles. The second kappa shape index (κ2) is 4.14. The van der Waals surface area contributed by atoms with Crippen LogP contribution >= 0.6 is 0 Å². The number of nitrogens with one attached hydrogen (secondary N) is 2. The van der Waals surface area contributed by atoms with Crippen molar-refractivity contribution in [3.63, 3.8) is 0 Å². The molecule has 2 heterocycles. The van der Waals surface area contributed by atoms with Crippen LogP contribution in [0.5, 0.6) is 0 Å². The van der Waals surface area contributed by atoms with Crippen LogP contribution < -0.4 is 5.32 Å². The Balaban J connectivity index is 2.17. The normalized spacial score (nSPS) is 10.1. The Labute approximate surface area is 92.9 Å². The molecule has 0 aromatic carbocycles. The predicted molar refractivity (Wildman–Crippen MR) is 60.3 cm³/mol. The highest BCUT2D eigenvalue weighted by atomic mass is 16.1. The summed E-state index contributed by atoms with van der Waals surface area (Å²) in [4.78, 5) is 15.8. The minimum absolute atomic E-state index is 0.182. The van der Waals surface area contributed by atoms with Crippen molar-refractivity contribution in [2.45, 2.75) is 13.8 Å². The number of aryl methyl sites for hydroxylation is 2. The lowest BCUT2D eigenvalue weighted by atomic mass is 10.2. The van der Waals surface area contributed by atoms with Crippen LogP contribution in [0.1, 0.15) is 21.6 Å². The van der Waals surface area contributed by atoms with Gasteiger partial charge in [0.25, 0.3) is 5.91 Å². The fourth-order valence-electron chi connectivity index (χ4n) is 1.40. The van der Waals surface area contributed by atoms with E-state index in [1.807, 2.05) is 13.0 Å². The molecule has 0 saturated carbocycles. The third kappa shape index (κ3) is 2.08.